The van der Waals surface area contributed by atoms with Crippen LogP contribution in [0.1, 0.15) is 31.7 Å². The van der Waals surface area contributed by atoms with Crippen LogP contribution in [0.25, 0.3) is 0 Å². The quantitative estimate of drug-likeness (QED) is 0.647. The van der Waals surface area contributed by atoms with Crippen molar-refractivity contribution >= 4 is 11.9 Å². The Morgan fingerprint density at radius 2 is 1.95 bits per heavy atom. The van der Waals surface area contributed by atoms with E-state index in [1.54, 1.807) is 6.92 Å². The van der Waals surface area contributed by atoms with Crippen LogP contribution >= 0.6 is 0 Å². The van der Waals surface area contributed by atoms with Crippen molar-refractivity contribution in [1.82, 2.24) is 5.32 Å². The van der Waals surface area contributed by atoms with Gasteiger partial charge in [0.25, 0.3) is 0 Å². The Morgan fingerprint density at radius 1 is 1.24 bits per heavy atom. The lowest BCUT2D eigenvalue weighted by Gasteiger charge is -2.12. The number of hydrogen-bond acceptors (Lipinski definition) is 3. The van der Waals surface area contributed by atoms with Crippen LogP contribution in [-0.2, 0) is 20.7 Å². The summed E-state index contributed by atoms with van der Waals surface area (Å²) in [6, 6.07) is 9.26. The smallest absolute Gasteiger partial charge is 0.326 e. The van der Waals surface area contributed by atoms with Gasteiger partial charge in [-0.1, -0.05) is 37.3 Å². The molecule has 1 unspecified atom stereocenters. The first-order valence-corrected chi connectivity index (χ1v) is 7.27. The predicted octanol–water partition coefficient (Wildman–Crippen LogP) is 2.01. The molecule has 1 atom stereocenters. The van der Waals surface area contributed by atoms with E-state index in [4.69, 9.17) is 9.84 Å². The van der Waals surface area contributed by atoms with Gasteiger partial charge in [0, 0.05) is 13.0 Å². The zero-order valence-electron chi connectivity index (χ0n) is 12.4. The van der Waals surface area contributed by atoms with Crippen LogP contribution < -0.4 is 5.32 Å². The van der Waals surface area contributed by atoms with Gasteiger partial charge in [0.1, 0.15) is 6.04 Å². The van der Waals surface area contributed by atoms with E-state index in [0.29, 0.717) is 26.1 Å². The predicted molar refractivity (Wildman–Crippen MR) is 80.1 cm³/mol. The highest BCUT2D eigenvalue weighted by atomic mass is 16.5. The molecule has 0 aromatic heterocycles. The van der Waals surface area contributed by atoms with Crippen LogP contribution in [0.3, 0.4) is 0 Å². The third-order valence-electron chi connectivity index (χ3n) is 3.11. The lowest BCUT2D eigenvalue weighted by molar-refractivity contribution is -0.141. The van der Waals surface area contributed by atoms with Crippen molar-refractivity contribution in [2.24, 2.45) is 0 Å². The molecule has 0 radical (unpaired) electrons. The summed E-state index contributed by atoms with van der Waals surface area (Å²) in [4.78, 5) is 22.3. The highest BCUT2D eigenvalue weighted by Crippen LogP contribution is 2.00. The summed E-state index contributed by atoms with van der Waals surface area (Å²) in [5, 5.41) is 11.3. The minimum Gasteiger partial charge on any atom is -0.480 e. The fraction of sp³-hybridized carbons (Fsp3) is 0.500. The second kappa shape index (κ2) is 9.94. The SMILES string of the molecule is CCC(NC(=O)CCCOCCc1ccccc1)C(=O)O. The van der Waals surface area contributed by atoms with Gasteiger partial charge < -0.3 is 15.2 Å². The Labute approximate surface area is 125 Å². The molecule has 116 valence electrons. The second-order valence-electron chi connectivity index (χ2n) is 4.82. The molecule has 0 aliphatic rings. The van der Waals surface area contributed by atoms with E-state index in [9.17, 15) is 9.59 Å². The zero-order chi connectivity index (χ0) is 15.5. The van der Waals surface area contributed by atoms with E-state index in [0.717, 1.165) is 6.42 Å². The summed E-state index contributed by atoms with van der Waals surface area (Å²) in [6.45, 7) is 2.86. The van der Waals surface area contributed by atoms with Gasteiger partial charge in [0.15, 0.2) is 0 Å². The zero-order valence-corrected chi connectivity index (χ0v) is 12.4. The largest absolute Gasteiger partial charge is 0.480 e. The molecular weight excluding hydrogens is 270 g/mol. The third-order valence-corrected chi connectivity index (χ3v) is 3.11. The lowest BCUT2D eigenvalue weighted by Crippen LogP contribution is -2.40. The molecule has 0 heterocycles. The molecule has 0 bridgehead atoms. The molecule has 1 aromatic rings. The number of carbonyl (C=O) groups excluding carboxylic acids is 1. The Morgan fingerprint density at radius 3 is 2.57 bits per heavy atom. The molecular formula is C16H23NO4. The maximum absolute atomic E-state index is 11.5. The van der Waals surface area contributed by atoms with Gasteiger partial charge in [-0.3, -0.25) is 4.79 Å². The minimum atomic E-state index is -0.995. The van der Waals surface area contributed by atoms with Crippen LogP contribution in [0.4, 0.5) is 0 Å². The lowest BCUT2D eigenvalue weighted by atomic mass is 10.2. The van der Waals surface area contributed by atoms with E-state index >= 15 is 0 Å². The fourth-order valence-corrected chi connectivity index (χ4v) is 1.88. The maximum Gasteiger partial charge on any atom is 0.326 e. The molecule has 5 heteroatoms. The molecule has 1 amide bonds. The van der Waals surface area contributed by atoms with Crippen LogP contribution in [-0.4, -0.2) is 36.2 Å². The van der Waals surface area contributed by atoms with E-state index in [-0.39, 0.29) is 12.3 Å². The normalized spacial score (nSPS) is 11.9. The summed E-state index contributed by atoms with van der Waals surface area (Å²) >= 11 is 0. The Bertz CT molecular complexity index is 433. The van der Waals surface area contributed by atoms with Gasteiger partial charge in [0.05, 0.1) is 6.61 Å². The second-order valence-corrected chi connectivity index (χ2v) is 4.82. The number of nitrogens with one attached hydrogen (secondary N) is 1. The summed E-state index contributed by atoms with van der Waals surface area (Å²) in [5.41, 5.74) is 1.22. The molecule has 0 aliphatic heterocycles. The summed E-state index contributed by atoms with van der Waals surface area (Å²) < 4.78 is 5.47. The average Bonchev–Trinajstić information content (AvgIpc) is 2.49. The van der Waals surface area contributed by atoms with Crippen LogP contribution in [0.2, 0.25) is 0 Å². The number of carbonyl (C=O) groups is 2. The molecule has 0 spiro atoms. The molecule has 0 aliphatic carbocycles. The van der Waals surface area contributed by atoms with Gasteiger partial charge in [-0.2, -0.15) is 0 Å². The van der Waals surface area contributed by atoms with E-state index in [1.807, 2.05) is 30.3 Å². The molecule has 21 heavy (non-hydrogen) atoms. The molecule has 0 saturated heterocycles. The van der Waals surface area contributed by atoms with Crippen LogP contribution in [0, 0.1) is 0 Å². The number of aliphatic carboxylic acids is 1. The minimum absolute atomic E-state index is 0.240. The summed E-state index contributed by atoms with van der Waals surface area (Å²) in [7, 11) is 0. The average molecular weight is 293 g/mol. The highest BCUT2D eigenvalue weighted by Gasteiger charge is 2.16. The number of carboxylic acids is 1. The van der Waals surface area contributed by atoms with Gasteiger partial charge in [-0.15, -0.1) is 0 Å². The topological polar surface area (TPSA) is 75.6 Å². The fourth-order valence-electron chi connectivity index (χ4n) is 1.88. The molecule has 0 fully saturated rings. The number of hydrogen-bond donors (Lipinski definition) is 2. The van der Waals surface area contributed by atoms with Gasteiger partial charge >= 0.3 is 5.97 Å². The molecule has 0 saturated carbocycles. The van der Waals surface area contributed by atoms with Crippen molar-refractivity contribution in [3.63, 3.8) is 0 Å². The Kier molecular flexibility index (Phi) is 8.12. The Balaban J connectivity index is 2.06. The Hall–Kier alpha value is -1.88. The van der Waals surface area contributed by atoms with E-state index in [2.05, 4.69) is 5.32 Å². The van der Waals surface area contributed by atoms with Gasteiger partial charge in [0.2, 0.25) is 5.91 Å². The van der Waals surface area contributed by atoms with Crippen molar-refractivity contribution in [2.75, 3.05) is 13.2 Å². The third kappa shape index (κ3) is 7.46. The number of carboxylic acid groups (broad SMARTS) is 1. The highest BCUT2D eigenvalue weighted by molar-refractivity contribution is 5.83. The molecule has 1 rings (SSSR count). The number of ether oxygens (including phenoxy) is 1. The van der Waals surface area contributed by atoms with Gasteiger partial charge in [-0.25, -0.2) is 4.79 Å². The first-order valence-electron chi connectivity index (χ1n) is 7.27. The van der Waals surface area contributed by atoms with Crippen molar-refractivity contribution in [3.8, 4) is 0 Å². The summed E-state index contributed by atoms with van der Waals surface area (Å²) in [5.74, 6) is -1.24. The monoisotopic (exact) mass is 293 g/mol. The van der Waals surface area contributed by atoms with E-state index < -0.39 is 12.0 Å². The van der Waals surface area contributed by atoms with Crippen LogP contribution in [0.15, 0.2) is 30.3 Å². The van der Waals surface area contributed by atoms with Crippen molar-refractivity contribution < 1.29 is 19.4 Å². The van der Waals surface area contributed by atoms with Crippen LogP contribution in [0.5, 0.6) is 0 Å². The number of benzene rings is 1. The standard InChI is InChI=1S/C16H23NO4/c1-2-14(16(19)20)17-15(18)9-6-11-21-12-10-13-7-4-3-5-8-13/h3-5,7-8,14H,2,6,9-12H2,1H3,(H,17,18)(H,19,20). The molecule has 5 nitrogen and oxygen atoms in total. The maximum atomic E-state index is 11.5. The summed E-state index contributed by atoms with van der Waals surface area (Å²) in [6.07, 6.45) is 2.12. The first kappa shape index (κ1) is 17.2. The van der Waals surface area contributed by atoms with Crippen molar-refractivity contribution in [3.05, 3.63) is 35.9 Å². The van der Waals surface area contributed by atoms with E-state index in [1.165, 1.54) is 5.56 Å². The molecule has 2 N–H and O–H groups in total. The number of amides is 1. The number of rotatable bonds is 10. The van der Waals surface area contributed by atoms with Crippen molar-refractivity contribution in [2.45, 2.75) is 38.6 Å². The first-order chi connectivity index (χ1) is 10.1. The van der Waals surface area contributed by atoms with Gasteiger partial charge in [-0.05, 0) is 24.8 Å². The molecule has 1 aromatic carbocycles. The van der Waals surface area contributed by atoms with Crippen molar-refractivity contribution in [1.29, 1.82) is 0 Å².